The Labute approximate surface area is 146 Å². The van der Waals surface area contributed by atoms with Crippen LogP contribution < -0.4 is 0 Å². The van der Waals surface area contributed by atoms with E-state index in [9.17, 15) is 0 Å². The molecule has 140 valence electrons. The van der Waals surface area contributed by atoms with Crippen LogP contribution in [0.2, 0.25) is 0 Å². The predicted molar refractivity (Wildman–Crippen MR) is 91.2 cm³/mol. The van der Waals surface area contributed by atoms with Crippen LogP contribution in [-0.2, 0) is 23.7 Å². The van der Waals surface area contributed by atoms with Crippen LogP contribution in [0.4, 0.5) is 0 Å². The number of epoxide rings is 2. The molecule has 0 N–H and O–H groups in total. The normalized spacial score (nSPS) is 28.0. The molecule has 0 aromatic carbocycles. The molecule has 3 atom stereocenters. The van der Waals surface area contributed by atoms with Crippen LogP contribution in [0.1, 0.15) is 53.4 Å². The van der Waals surface area contributed by atoms with Crippen molar-refractivity contribution in [3.05, 3.63) is 0 Å². The molecular weight excluding hydrogens is 308 g/mol. The third-order valence-electron chi connectivity index (χ3n) is 4.83. The second-order valence-electron chi connectivity index (χ2n) is 8.86. The first-order chi connectivity index (χ1) is 11.3. The average Bonchev–Trinajstić information content (AvgIpc) is 3.35. The van der Waals surface area contributed by atoms with Gasteiger partial charge in [0.15, 0.2) is 0 Å². The topological polar surface area (TPSA) is 52.8 Å². The fourth-order valence-corrected chi connectivity index (χ4v) is 2.92. The highest BCUT2D eigenvalue weighted by Gasteiger charge is 2.34. The molecule has 2 saturated heterocycles. The van der Waals surface area contributed by atoms with Gasteiger partial charge in [-0.3, -0.25) is 0 Å². The molecule has 2 aliphatic heterocycles. The van der Waals surface area contributed by atoms with E-state index in [1.807, 2.05) is 0 Å². The van der Waals surface area contributed by atoms with Crippen LogP contribution in [0.25, 0.3) is 0 Å². The molecule has 0 aromatic rings. The largest absolute Gasteiger partial charge is 0.375 e. The number of ether oxygens (including phenoxy) is 5. The Kier molecular flexibility index (Phi) is 5.87. The van der Waals surface area contributed by atoms with Crippen molar-refractivity contribution in [3.8, 4) is 0 Å². The van der Waals surface area contributed by atoms with E-state index >= 15 is 0 Å². The van der Waals surface area contributed by atoms with E-state index in [0.717, 1.165) is 38.6 Å². The van der Waals surface area contributed by atoms with E-state index in [0.29, 0.717) is 19.3 Å². The zero-order chi connectivity index (χ0) is 17.2. The molecule has 0 amide bonds. The summed E-state index contributed by atoms with van der Waals surface area (Å²) in [7, 11) is 0. The lowest BCUT2D eigenvalue weighted by Crippen LogP contribution is -2.38. The molecule has 3 aliphatic rings. The van der Waals surface area contributed by atoms with Gasteiger partial charge < -0.3 is 23.7 Å². The smallest absolute Gasteiger partial charge is 0.104 e. The Morgan fingerprint density at radius 2 is 1.58 bits per heavy atom. The fraction of sp³-hybridized carbons (Fsp3) is 1.00. The van der Waals surface area contributed by atoms with Crippen molar-refractivity contribution in [2.45, 2.75) is 82.9 Å². The second kappa shape index (κ2) is 7.58. The Morgan fingerprint density at radius 1 is 0.917 bits per heavy atom. The highest BCUT2D eigenvalue weighted by molar-refractivity contribution is 4.83. The van der Waals surface area contributed by atoms with Crippen LogP contribution in [0, 0.1) is 5.92 Å². The van der Waals surface area contributed by atoms with Crippen LogP contribution >= 0.6 is 0 Å². The summed E-state index contributed by atoms with van der Waals surface area (Å²) >= 11 is 0. The monoisotopic (exact) mass is 342 g/mol. The summed E-state index contributed by atoms with van der Waals surface area (Å²) in [4.78, 5) is 0. The quantitative estimate of drug-likeness (QED) is 0.482. The molecule has 0 radical (unpaired) electrons. The second-order valence-corrected chi connectivity index (χ2v) is 8.86. The van der Waals surface area contributed by atoms with E-state index in [2.05, 4.69) is 27.7 Å². The van der Waals surface area contributed by atoms with Crippen LogP contribution in [0.5, 0.6) is 0 Å². The molecule has 3 rings (SSSR count). The Bertz CT molecular complexity index is 397. The van der Waals surface area contributed by atoms with Crippen molar-refractivity contribution in [2.75, 3.05) is 33.0 Å². The van der Waals surface area contributed by atoms with E-state index in [-0.39, 0.29) is 23.4 Å². The summed E-state index contributed by atoms with van der Waals surface area (Å²) in [6.45, 7) is 12.4. The van der Waals surface area contributed by atoms with E-state index < -0.39 is 0 Å². The van der Waals surface area contributed by atoms with Crippen molar-refractivity contribution in [1.29, 1.82) is 0 Å². The molecule has 0 aromatic heterocycles. The summed E-state index contributed by atoms with van der Waals surface area (Å²) < 4.78 is 29.0. The molecule has 1 aliphatic carbocycles. The van der Waals surface area contributed by atoms with E-state index in [1.54, 1.807) is 0 Å². The maximum atomic E-state index is 6.18. The zero-order valence-corrected chi connectivity index (χ0v) is 15.7. The fourth-order valence-electron chi connectivity index (χ4n) is 2.92. The van der Waals surface area contributed by atoms with Gasteiger partial charge in [-0.1, -0.05) is 0 Å². The van der Waals surface area contributed by atoms with Crippen LogP contribution in [0.15, 0.2) is 0 Å². The molecule has 3 fully saturated rings. The predicted octanol–water partition coefficient (Wildman–Crippen LogP) is 2.95. The summed E-state index contributed by atoms with van der Waals surface area (Å²) in [6, 6.07) is 0. The maximum Gasteiger partial charge on any atom is 0.104 e. The molecule has 2 unspecified atom stereocenters. The minimum Gasteiger partial charge on any atom is -0.375 e. The molecule has 2 heterocycles. The molecule has 24 heavy (non-hydrogen) atoms. The van der Waals surface area contributed by atoms with Crippen LogP contribution in [-0.4, -0.2) is 62.5 Å². The molecular formula is C19H34O5. The third kappa shape index (κ3) is 7.36. The number of hydrogen-bond acceptors (Lipinski definition) is 5. The molecule has 5 heteroatoms. The molecule has 0 bridgehead atoms. The molecule has 1 saturated carbocycles. The number of rotatable bonds is 13. The molecule has 0 spiro atoms. The first-order valence-electron chi connectivity index (χ1n) is 9.44. The summed E-state index contributed by atoms with van der Waals surface area (Å²) in [5.74, 6) is 0.775. The Balaban J connectivity index is 1.44. The minimum absolute atomic E-state index is 0.0304. The highest BCUT2D eigenvalue weighted by atomic mass is 16.6. The maximum absolute atomic E-state index is 6.18. The lowest BCUT2D eigenvalue weighted by atomic mass is 9.99. The van der Waals surface area contributed by atoms with Gasteiger partial charge in [-0.2, -0.15) is 0 Å². The van der Waals surface area contributed by atoms with Gasteiger partial charge in [0.05, 0.1) is 56.4 Å². The van der Waals surface area contributed by atoms with Gasteiger partial charge in [0.1, 0.15) is 6.10 Å². The number of hydrogen-bond donors (Lipinski definition) is 0. The van der Waals surface area contributed by atoms with Gasteiger partial charge in [0.2, 0.25) is 0 Å². The minimum atomic E-state index is -0.190. The van der Waals surface area contributed by atoms with Gasteiger partial charge in [-0.15, -0.1) is 0 Å². The SMILES string of the molecule is CC(C)(CC(COC(C)(C)C[C@H]1CO1)OCC1CO1)OCC1CC1. The van der Waals surface area contributed by atoms with E-state index in [4.69, 9.17) is 23.7 Å². The molecule has 5 nitrogen and oxygen atoms in total. The summed E-state index contributed by atoms with van der Waals surface area (Å²) in [5.41, 5.74) is -0.372. The van der Waals surface area contributed by atoms with Crippen molar-refractivity contribution in [2.24, 2.45) is 5.92 Å². The standard InChI is InChI=1S/C19H34O5/c1-18(2,23-9-14-5-6-14)8-16(21-11-17-12-22-17)13-24-19(3,4)7-15-10-20-15/h14-17H,5-13H2,1-4H3/t15-,16?,17?/m0/s1. The van der Waals surface area contributed by atoms with Crippen molar-refractivity contribution in [1.82, 2.24) is 0 Å². The third-order valence-corrected chi connectivity index (χ3v) is 4.83. The first kappa shape index (κ1) is 18.6. The Hall–Kier alpha value is -0.200. The van der Waals surface area contributed by atoms with Crippen molar-refractivity contribution >= 4 is 0 Å². The highest BCUT2D eigenvalue weighted by Crippen LogP contribution is 2.32. The van der Waals surface area contributed by atoms with Gasteiger partial charge in [0, 0.05) is 12.8 Å². The van der Waals surface area contributed by atoms with Gasteiger partial charge in [0.25, 0.3) is 0 Å². The summed E-state index contributed by atoms with van der Waals surface area (Å²) in [6.07, 6.45) is 5.08. The summed E-state index contributed by atoms with van der Waals surface area (Å²) in [5, 5.41) is 0. The zero-order valence-electron chi connectivity index (χ0n) is 15.7. The van der Waals surface area contributed by atoms with Crippen molar-refractivity contribution in [3.63, 3.8) is 0 Å². The first-order valence-corrected chi connectivity index (χ1v) is 9.44. The van der Waals surface area contributed by atoms with Gasteiger partial charge in [-0.05, 0) is 46.5 Å². The van der Waals surface area contributed by atoms with Gasteiger partial charge in [-0.25, -0.2) is 0 Å². The lowest BCUT2D eigenvalue weighted by molar-refractivity contribution is -0.119. The Morgan fingerprint density at radius 3 is 2.17 bits per heavy atom. The van der Waals surface area contributed by atoms with Crippen molar-refractivity contribution < 1.29 is 23.7 Å². The lowest BCUT2D eigenvalue weighted by Gasteiger charge is -2.32. The van der Waals surface area contributed by atoms with Crippen LogP contribution in [0.3, 0.4) is 0 Å². The van der Waals surface area contributed by atoms with E-state index in [1.165, 1.54) is 12.8 Å². The average molecular weight is 342 g/mol. The van der Waals surface area contributed by atoms with Gasteiger partial charge >= 0.3 is 0 Å².